The highest BCUT2D eigenvalue weighted by Crippen LogP contribution is 2.23. The van der Waals surface area contributed by atoms with Gasteiger partial charge >= 0.3 is 5.56 Å². The van der Waals surface area contributed by atoms with Crippen molar-refractivity contribution in [2.24, 2.45) is 5.92 Å². The summed E-state index contributed by atoms with van der Waals surface area (Å²) >= 11 is 0. The molecule has 2 aromatic rings. The number of hydrogen-bond acceptors (Lipinski definition) is 4. The van der Waals surface area contributed by atoms with Gasteiger partial charge in [0.05, 0.1) is 5.69 Å². The highest BCUT2D eigenvalue weighted by atomic mass is 16.3. The quantitative estimate of drug-likeness (QED) is 0.895. The van der Waals surface area contributed by atoms with Gasteiger partial charge in [-0.25, -0.2) is 4.98 Å². The van der Waals surface area contributed by atoms with Gasteiger partial charge in [0.2, 0.25) is 5.75 Å². The summed E-state index contributed by atoms with van der Waals surface area (Å²) in [6.07, 6.45) is 5.85. The van der Waals surface area contributed by atoms with Crippen molar-refractivity contribution >= 4 is 5.91 Å². The minimum atomic E-state index is -0.637. The Morgan fingerprint density at radius 2 is 1.92 bits per heavy atom. The standard InChI is InChI=1S/C19H23N3O3/c1-13-21-16(18(24)20-12-14-8-4-2-5-9-14)17(23)19(25)22(13)15-10-6-3-7-11-15/h3,6-7,10-11,14,23H,2,4-5,8-9,12H2,1H3,(H,20,24). The molecule has 1 aliphatic rings. The molecule has 0 atom stereocenters. The van der Waals surface area contributed by atoms with Crippen LogP contribution >= 0.6 is 0 Å². The van der Waals surface area contributed by atoms with Gasteiger partial charge in [0.15, 0.2) is 5.69 Å². The first-order valence-corrected chi connectivity index (χ1v) is 8.74. The van der Waals surface area contributed by atoms with Crippen LogP contribution in [0.4, 0.5) is 0 Å². The number of aromatic hydroxyl groups is 1. The molecule has 2 N–H and O–H groups in total. The normalized spacial score (nSPS) is 15.1. The van der Waals surface area contributed by atoms with Crippen LogP contribution in [0.1, 0.15) is 48.4 Å². The summed E-state index contributed by atoms with van der Waals surface area (Å²) in [6, 6.07) is 8.92. The Hall–Kier alpha value is -2.63. The number of carbonyl (C=O) groups is 1. The van der Waals surface area contributed by atoms with Crippen molar-refractivity contribution < 1.29 is 9.90 Å². The molecule has 1 aromatic heterocycles. The minimum Gasteiger partial charge on any atom is -0.501 e. The third-order valence-electron chi connectivity index (χ3n) is 4.73. The molecule has 0 aliphatic heterocycles. The molecule has 0 bridgehead atoms. The summed E-state index contributed by atoms with van der Waals surface area (Å²) in [4.78, 5) is 29.1. The van der Waals surface area contributed by atoms with E-state index in [1.807, 2.05) is 6.07 Å². The van der Waals surface area contributed by atoms with Crippen LogP contribution in [0.25, 0.3) is 5.69 Å². The van der Waals surface area contributed by atoms with E-state index in [1.165, 1.54) is 23.8 Å². The second-order valence-electron chi connectivity index (χ2n) is 6.55. The molecule has 6 nitrogen and oxygen atoms in total. The zero-order valence-corrected chi connectivity index (χ0v) is 14.4. The fourth-order valence-electron chi connectivity index (χ4n) is 3.37. The van der Waals surface area contributed by atoms with E-state index in [4.69, 9.17) is 0 Å². The van der Waals surface area contributed by atoms with Gasteiger partial charge in [-0.1, -0.05) is 37.5 Å². The van der Waals surface area contributed by atoms with E-state index in [2.05, 4.69) is 10.3 Å². The zero-order valence-electron chi connectivity index (χ0n) is 14.4. The molecule has 1 aromatic carbocycles. The average Bonchev–Trinajstić information content (AvgIpc) is 2.64. The third kappa shape index (κ3) is 3.73. The first-order chi connectivity index (χ1) is 12.1. The lowest BCUT2D eigenvalue weighted by atomic mass is 9.89. The molecule has 6 heteroatoms. The minimum absolute atomic E-state index is 0.203. The van der Waals surface area contributed by atoms with E-state index < -0.39 is 17.2 Å². The van der Waals surface area contributed by atoms with Gasteiger partial charge in [0, 0.05) is 6.54 Å². The lowest BCUT2D eigenvalue weighted by Gasteiger charge is -2.21. The van der Waals surface area contributed by atoms with Crippen molar-refractivity contribution in [1.29, 1.82) is 0 Å². The second kappa shape index (κ2) is 7.51. The SMILES string of the molecule is Cc1nc(C(=O)NCC2CCCCC2)c(O)c(=O)n1-c1ccccc1. The molecular weight excluding hydrogens is 318 g/mol. The molecule has 25 heavy (non-hydrogen) atoms. The van der Waals surface area contributed by atoms with E-state index in [-0.39, 0.29) is 5.69 Å². The average molecular weight is 341 g/mol. The lowest BCUT2D eigenvalue weighted by Crippen LogP contribution is -2.33. The third-order valence-corrected chi connectivity index (χ3v) is 4.73. The number of amides is 1. The number of rotatable bonds is 4. The zero-order chi connectivity index (χ0) is 17.8. The maximum Gasteiger partial charge on any atom is 0.301 e. The summed E-state index contributed by atoms with van der Waals surface area (Å²) < 4.78 is 1.30. The van der Waals surface area contributed by atoms with Gasteiger partial charge in [-0.2, -0.15) is 0 Å². The molecular formula is C19H23N3O3. The van der Waals surface area contributed by atoms with Gasteiger partial charge in [-0.05, 0) is 37.8 Å². The number of nitrogens with zero attached hydrogens (tertiary/aromatic N) is 2. The Labute approximate surface area is 146 Å². The number of benzene rings is 1. The molecule has 0 saturated heterocycles. The van der Waals surface area contributed by atoms with Gasteiger partial charge < -0.3 is 10.4 Å². The summed E-state index contributed by atoms with van der Waals surface area (Å²) in [6.45, 7) is 2.20. The van der Waals surface area contributed by atoms with E-state index in [0.29, 0.717) is 24.0 Å². The van der Waals surface area contributed by atoms with Crippen LogP contribution in [0.5, 0.6) is 5.75 Å². The van der Waals surface area contributed by atoms with Crippen molar-refractivity contribution in [3.8, 4) is 11.4 Å². The fraction of sp³-hybridized carbons (Fsp3) is 0.421. The maximum atomic E-state index is 12.5. The largest absolute Gasteiger partial charge is 0.501 e. The van der Waals surface area contributed by atoms with Crippen LogP contribution in [-0.2, 0) is 0 Å². The predicted octanol–water partition coefficient (Wildman–Crippen LogP) is 2.56. The fourth-order valence-corrected chi connectivity index (χ4v) is 3.37. The van der Waals surface area contributed by atoms with Crippen LogP contribution in [-0.4, -0.2) is 27.1 Å². The second-order valence-corrected chi connectivity index (χ2v) is 6.55. The molecule has 3 rings (SSSR count). The van der Waals surface area contributed by atoms with E-state index in [9.17, 15) is 14.7 Å². The van der Waals surface area contributed by atoms with Crippen LogP contribution in [0.2, 0.25) is 0 Å². The molecule has 0 unspecified atom stereocenters. The Morgan fingerprint density at radius 1 is 1.24 bits per heavy atom. The smallest absolute Gasteiger partial charge is 0.301 e. The number of carbonyl (C=O) groups excluding carboxylic acids is 1. The Kier molecular flexibility index (Phi) is 5.16. The molecule has 1 aliphatic carbocycles. The summed E-state index contributed by atoms with van der Waals surface area (Å²) in [5, 5.41) is 13.0. The maximum absolute atomic E-state index is 12.5. The van der Waals surface area contributed by atoms with E-state index in [1.54, 1.807) is 31.2 Å². The highest BCUT2D eigenvalue weighted by Gasteiger charge is 2.22. The first-order valence-electron chi connectivity index (χ1n) is 8.74. The summed E-state index contributed by atoms with van der Waals surface area (Å²) in [5.41, 5.74) is -0.242. The van der Waals surface area contributed by atoms with Crippen LogP contribution < -0.4 is 10.9 Å². The van der Waals surface area contributed by atoms with Crippen LogP contribution in [0.15, 0.2) is 35.1 Å². The Bertz CT molecular complexity index is 809. The van der Waals surface area contributed by atoms with Crippen molar-refractivity contribution in [3.63, 3.8) is 0 Å². The number of para-hydroxylation sites is 1. The predicted molar refractivity (Wildman–Crippen MR) is 95.1 cm³/mol. The van der Waals surface area contributed by atoms with Crippen molar-refractivity contribution in [1.82, 2.24) is 14.9 Å². The Balaban J connectivity index is 1.83. The van der Waals surface area contributed by atoms with Gasteiger partial charge in [0.1, 0.15) is 5.82 Å². The number of aryl methyl sites for hydroxylation is 1. The molecule has 132 valence electrons. The van der Waals surface area contributed by atoms with Gasteiger partial charge in [-0.3, -0.25) is 14.2 Å². The van der Waals surface area contributed by atoms with Crippen LogP contribution in [0.3, 0.4) is 0 Å². The Morgan fingerprint density at radius 3 is 2.60 bits per heavy atom. The van der Waals surface area contributed by atoms with E-state index in [0.717, 1.165) is 12.8 Å². The number of hydrogen-bond donors (Lipinski definition) is 2. The lowest BCUT2D eigenvalue weighted by molar-refractivity contribution is 0.0934. The molecule has 0 radical (unpaired) electrons. The first kappa shape index (κ1) is 17.2. The highest BCUT2D eigenvalue weighted by molar-refractivity contribution is 5.94. The topological polar surface area (TPSA) is 84.2 Å². The molecule has 1 amide bonds. The van der Waals surface area contributed by atoms with E-state index >= 15 is 0 Å². The summed E-state index contributed by atoms with van der Waals surface area (Å²) in [5.74, 6) is -0.290. The molecule has 1 heterocycles. The monoisotopic (exact) mass is 341 g/mol. The van der Waals surface area contributed by atoms with Gasteiger partial charge in [0.25, 0.3) is 5.91 Å². The van der Waals surface area contributed by atoms with Crippen molar-refractivity contribution in [2.75, 3.05) is 6.54 Å². The summed E-state index contributed by atoms with van der Waals surface area (Å²) in [7, 11) is 0. The molecule has 0 spiro atoms. The van der Waals surface area contributed by atoms with Crippen molar-refractivity contribution in [3.05, 3.63) is 52.2 Å². The van der Waals surface area contributed by atoms with Crippen molar-refractivity contribution in [2.45, 2.75) is 39.0 Å². The molecule has 1 fully saturated rings. The van der Waals surface area contributed by atoms with Gasteiger partial charge in [-0.15, -0.1) is 0 Å². The van der Waals surface area contributed by atoms with Crippen LogP contribution in [0, 0.1) is 12.8 Å². The number of nitrogens with one attached hydrogen (secondary N) is 1. The number of aromatic nitrogens is 2. The molecule has 1 saturated carbocycles.